The molecule has 8 heteroatoms. The normalized spacial score (nSPS) is 13.7. The molecule has 51 heavy (non-hydrogen) atoms. The lowest BCUT2D eigenvalue weighted by Gasteiger charge is -2.39. The molecule has 0 bridgehead atoms. The van der Waals surface area contributed by atoms with Crippen molar-refractivity contribution in [2.24, 2.45) is 0 Å². The zero-order chi connectivity index (χ0) is 34.1. The zero-order valence-corrected chi connectivity index (χ0v) is 27.9. The number of aromatic nitrogens is 3. The van der Waals surface area contributed by atoms with Crippen molar-refractivity contribution >= 4 is 55.0 Å². The number of rotatable bonds is 4. The minimum Gasteiger partial charge on any atom is -0.307 e. The summed E-state index contributed by atoms with van der Waals surface area (Å²) in [6, 6.07) is 52.9. The fourth-order valence-electron chi connectivity index (χ4n) is 7.36. The number of fused-ring (bicyclic) bond motifs is 5. The van der Waals surface area contributed by atoms with Crippen LogP contribution in [0.3, 0.4) is 0 Å². The van der Waals surface area contributed by atoms with Gasteiger partial charge in [0.05, 0.1) is 32.5 Å². The predicted octanol–water partition coefficient (Wildman–Crippen LogP) is 10.4. The minimum atomic E-state index is -3.89. The fraction of sp³-hybridized carbons (Fsp3) is 0. The molecule has 0 saturated heterocycles. The first-order chi connectivity index (χ1) is 25.1. The molecule has 0 fully saturated rings. The first kappa shape index (κ1) is 29.3. The summed E-state index contributed by atoms with van der Waals surface area (Å²) in [5, 5.41) is 2.00. The third-order valence-corrected chi connectivity index (χ3v) is 11.4. The summed E-state index contributed by atoms with van der Waals surface area (Å²) in [6.07, 6.45) is 0. The van der Waals surface area contributed by atoms with Crippen molar-refractivity contribution in [3.8, 4) is 33.9 Å². The van der Waals surface area contributed by atoms with Crippen LogP contribution in [0.5, 0.6) is 0 Å². The Bertz CT molecular complexity index is 2710. The Balaban J connectivity index is 1.33. The number of nitrogens with zero attached hydrogens (tertiary/aromatic N) is 5. The molecule has 0 radical (unpaired) electrons. The van der Waals surface area contributed by atoms with Gasteiger partial charge in [-0.3, -0.25) is 4.90 Å². The molecule has 1 aromatic heterocycles. The summed E-state index contributed by atoms with van der Waals surface area (Å²) >= 11 is 0. The Morgan fingerprint density at radius 2 is 1.04 bits per heavy atom. The van der Waals surface area contributed by atoms with Crippen molar-refractivity contribution in [2.75, 3.05) is 9.80 Å². The molecule has 0 unspecified atom stereocenters. The maximum absolute atomic E-state index is 14.5. The molecule has 2 aliphatic rings. The van der Waals surface area contributed by atoms with E-state index in [1.165, 1.54) is 0 Å². The van der Waals surface area contributed by atoms with Gasteiger partial charge in [-0.25, -0.2) is 13.4 Å². The Morgan fingerprint density at radius 3 is 1.73 bits per heavy atom. The van der Waals surface area contributed by atoms with Crippen molar-refractivity contribution in [2.45, 2.75) is 9.79 Å². The van der Waals surface area contributed by atoms with Crippen LogP contribution in [-0.4, -0.2) is 23.4 Å². The standard InChI is InChI=1S/C43H27N5O2S/c49-51(50)36-25-11-10-23-33(36)47(31-20-8-3-9-21-31)40-37(51)27-26-35-39(40)32-22-12-18-28-19-13-24-34(38(28)32)48(35)43-45-41(29-14-4-1-5-15-29)44-42(46-43)30-16-6-2-7-17-30/h1-27H. The second-order valence-electron chi connectivity index (χ2n) is 12.5. The molecule has 0 atom stereocenters. The maximum Gasteiger partial charge on any atom is 0.238 e. The topological polar surface area (TPSA) is 79.3 Å². The van der Waals surface area contributed by atoms with E-state index in [-0.39, 0.29) is 9.79 Å². The molecule has 7 nitrogen and oxygen atoms in total. The second kappa shape index (κ2) is 11.2. The van der Waals surface area contributed by atoms with Crippen LogP contribution in [0.25, 0.3) is 44.7 Å². The fourth-order valence-corrected chi connectivity index (χ4v) is 8.99. The highest BCUT2D eigenvalue weighted by molar-refractivity contribution is 7.92. The summed E-state index contributed by atoms with van der Waals surface area (Å²) in [5.74, 6) is 1.50. The highest BCUT2D eigenvalue weighted by atomic mass is 32.2. The van der Waals surface area contributed by atoms with Crippen molar-refractivity contribution in [1.82, 2.24) is 15.0 Å². The number of para-hydroxylation sites is 2. The maximum atomic E-state index is 14.5. The first-order valence-electron chi connectivity index (χ1n) is 16.6. The van der Waals surface area contributed by atoms with Crippen LogP contribution in [0.4, 0.5) is 34.4 Å². The molecule has 0 saturated carbocycles. The lowest BCUT2D eigenvalue weighted by molar-refractivity contribution is 0.595. The largest absolute Gasteiger partial charge is 0.307 e. The molecule has 0 N–H and O–H groups in total. The van der Waals surface area contributed by atoms with E-state index < -0.39 is 9.84 Å². The van der Waals surface area contributed by atoms with Crippen LogP contribution < -0.4 is 9.80 Å². The summed E-state index contributed by atoms with van der Waals surface area (Å²) in [7, 11) is -3.89. The molecule has 3 heterocycles. The Hall–Kier alpha value is -6.64. The molecule has 0 aliphatic carbocycles. The Labute approximate surface area is 294 Å². The monoisotopic (exact) mass is 677 g/mol. The third kappa shape index (κ3) is 4.43. The van der Waals surface area contributed by atoms with Gasteiger partial charge in [0.25, 0.3) is 0 Å². The summed E-state index contributed by atoms with van der Waals surface area (Å²) < 4.78 is 29.1. The predicted molar refractivity (Wildman–Crippen MR) is 202 cm³/mol. The van der Waals surface area contributed by atoms with Gasteiger partial charge in [0.2, 0.25) is 15.8 Å². The van der Waals surface area contributed by atoms with Gasteiger partial charge in [-0.2, -0.15) is 9.97 Å². The van der Waals surface area contributed by atoms with Gasteiger partial charge in [0, 0.05) is 27.8 Å². The van der Waals surface area contributed by atoms with Gasteiger partial charge >= 0.3 is 0 Å². The van der Waals surface area contributed by atoms with Gasteiger partial charge in [0.1, 0.15) is 0 Å². The van der Waals surface area contributed by atoms with Crippen LogP contribution in [0, 0.1) is 0 Å². The quantitative estimate of drug-likeness (QED) is 0.183. The van der Waals surface area contributed by atoms with Gasteiger partial charge in [-0.1, -0.05) is 121 Å². The lowest BCUT2D eigenvalue weighted by Crippen LogP contribution is -2.25. The molecular formula is C43H27N5O2S. The summed E-state index contributed by atoms with van der Waals surface area (Å²) in [5.41, 5.74) is 7.12. The molecule has 242 valence electrons. The highest BCUT2D eigenvalue weighted by Crippen LogP contribution is 2.59. The SMILES string of the molecule is O=S1(=O)c2ccccc2N(c2ccccc2)c2c1ccc1c2-c2cccc3cccc(c23)N1c1nc(-c2ccccc2)nc(-c2ccccc2)n1. The number of anilines is 6. The molecular weight excluding hydrogens is 651 g/mol. The zero-order valence-electron chi connectivity index (χ0n) is 27.0. The molecule has 8 aromatic rings. The minimum absolute atomic E-state index is 0.241. The van der Waals surface area contributed by atoms with E-state index in [1.807, 2.05) is 121 Å². The van der Waals surface area contributed by atoms with Crippen LogP contribution in [0.15, 0.2) is 174 Å². The number of hydrogen-bond donors (Lipinski definition) is 0. The molecule has 0 amide bonds. The van der Waals surface area contributed by atoms with Crippen molar-refractivity contribution < 1.29 is 8.42 Å². The lowest BCUT2D eigenvalue weighted by atomic mass is 9.89. The van der Waals surface area contributed by atoms with Crippen LogP contribution in [0.1, 0.15) is 0 Å². The van der Waals surface area contributed by atoms with Crippen LogP contribution >= 0.6 is 0 Å². The molecule has 2 aliphatic heterocycles. The van der Waals surface area contributed by atoms with E-state index in [0.717, 1.165) is 50.1 Å². The van der Waals surface area contributed by atoms with Gasteiger partial charge < -0.3 is 4.90 Å². The van der Waals surface area contributed by atoms with E-state index in [1.54, 1.807) is 18.2 Å². The van der Waals surface area contributed by atoms with Gasteiger partial charge in [-0.05, 0) is 53.4 Å². The second-order valence-corrected chi connectivity index (χ2v) is 14.4. The van der Waals surface area contributed by atoms with Gasteiger partial charge in [0.15, 0.2) is 11.6 Å². The van der Waals surface area contributed by atoms with E-state index in [4.69, 9.17) is 15.0 Å². The summed E-state index contributed by atoms with van der Waals surface area (Å²) in [4.78, 5) is 19.9. The van der Waals surface area contributed by atoms with E-state index in [2.05, 4.69) is 34.1 Å². The average Bonchev–Trinajstić information content (AvgIpc) is 3.19. The summed E-state index contributed by atoms with van der Waals surface area (Å²) in [6.45, 7) is 0. The number of sulfone groups is 1. The molecule has 0 spiro atoms. The number of benzene rings is 7. The highest BCUT2D eigenvalue weighted by Gasteiger charge is 2.40. The van der Waals surface area contributed by atoms with Crippen molar-refractivity contribution in [3.63, 3.8) is 0 Å². The van der Waals surface area contributed by atoms with E-state index in [9.17, 15) is 8.42 Å². The smallest absolute Gasteiger partial charge is 0.238 e. The third-order valence-electron chi connectivity index (χ3n) is 9.56. The van der Waals surface area contributed by atoms with Gasteiger partial charge in [-0.15, -0.1) is 0 Å². The van der Waals surface area contributed by atoms with E-state index >= 15 is 0 Å². The Morgan fingerprint density at radius 1 is 0.451 bits per heavy atom. The van der Waals surface area contributed by atoms with Crippen LogP contribution in [0.2, 0.25) is 0 Å². The molecule has 10 rings (SSSR count). The Kier molecular flexibility index (Phi) is 6.43. The van der Waals surface area contributed by atoms with E-state index in [0.29, 0.717) is 29.0 Å². The number of hydrogen-bond acceptors (Lipinski definition) is 7. The van der Waals surface area contributed by atoms with Crippen molar-refractivity contribution in [3.05, 3.63) is 164 Å². The molecule has 7 aromatic carbocycles. The van der Waals surface area contributed by atoms with Crippen LogP contribution in [-0.2, 0) is 9.84 Å². The first-order valence-corrected chi connectivity index (χ1v) is 18.1. The van der Waals surface area contributed by atoms with Crippen molar-refractivity contribution in [1.29, 1.82) is 0 Å². The average molecular weight is 678 g/mol.